The van der Waals surface area contributed by atoms with Crippen LogP contribution >= 0.6 is 23.1 Å². The molecule has 0 unspecified atom stereocenters. The molecule has 5 rings (SSSR count). The third-order valence-electron chi connectivity index (χ3n) is 6.13. The standard InChI is InChI=1S/C23H26N4O3S3/c28-20(14-31-22-21-18-9-2-3-10-19(18)32-23(21)25-15-24-22)26-16-7-6-8-17(13-16)33(29,30)27-11-4-1-5-12-27/h6-8,13,15H,1-5,9-12,14H2,(H,26,28). The van der Waals surface area contributed by atoms with Crippen molar-refractivity contribution >= 4 is 54.9 Å². The van der Waals surface area contributed by atoms with Crippen LogP contribution in [0.4, 0.5) is 5.69 Å². The van der Waals surface area contributed by atoms with Crippen molar-refractivity contribution in [2.45, 2.75) is 54.9 Å². The third kappa shape index (κ3) is 4.80. The summed E-state index contributed by atoms with van der Waals surface area (Å²) in [6.45, 7) is 1.10. The van der Waals surface area contributed by atoms with Gasteiger partial charge in [-0.05, 0) is 62.3 Å². The Hall–Kier alpha value is -2.01. The monoisotopic (exact) mass is 502 g/mol. The van der Waals surface area contributed by atoms with Crippen LogP contribution in [-0.4, -0.2) is 47.4 Å². The minimum Gasteiger partial charge on any atom is -0.325 e. The summed E-state index contributed by atoms with van der Waals surface area (Å²) in [5, 5.41) is 4.79. The normalized spacial score (nSPS) is 17.1. The van der Waals surface area contributed by atoms with Gasteiger partial charge >= 0.3 is 0 Å². The average molecular weight is 503 g/mol. The van der Waals surface area contributed by atoms with Crippen LogP contribution in [0.3, 0.4) is 0 Å². The molecule has 1 saturated heterocycles. The molecule has 1 fully saturated rings. The molecule has 3 aromatic rings. The van der Waals surface area contributed by atoms with E-state index in [0.29, 0.717) is 18.8 Å². The van der Waals surface area contributed by atoms with Gasteiger partial charge in [-0.3, -0.25) is 4.79 Å². The number of benzene rings is 1. The van der Waals surface area contributed by atoms with Gasteiger partial charge in [-0.2, -0.15) is 4.31 Å². The first-order valence-electron chi connectivity index (χ1n) is 11.3. The van der Waals surface area contributed by atoms with E-state index in [-0.39, 0.29) is 16.6 Å². The number of nitrogens with zero attached hydrogens (tertiary/aromatic N) is 3. The minimum atomic E-state index is -3.54. The fourth-order valence-corrected chi connectivity index (χ4v) is 8.17. The Morgan fingerprint density at radius 1 is 1.09 bits per heavy atom. The van der Waals surface area contributed by atoms with Crippen LogP contribution in [0.25, 0.3) is 10.2 Å². The van der Waals surface area contributed by atoms with Crippen LogP contribution in [0.15, 0.2) is 40.5 Å². The van der Waals surface area contributed by atoms with Crippen molar-refractivity contribution in [3.05, 3.63) is 41.0 Å². The molecule has 0 radical (unpaired) electrons. The Kier molecular flexibility index (Phi) is 6.69. The fourth-order valence-electron chi connectivity index (χ4n) is 4.49. The Balaban J connectivity index is 1.28. The van der Waals surface area contributed by atoms with Crippen molar-refractivity contribution in [2.24, 2.45) is 0 Å². The zero-order valence-corrected chi connectivity index (χ0v) is 20.7. The molecule has 1 N–H and O–H groups in total. The molecule has 1 amide bonds. The number of hydrogen-bond donors (Lipinski definition) is 1. The number of piperidine rings is 1. The van der Waals surface area contributed by atoms with Crippen molar-refractivity contribution < 1.29 is 13.2 Å². The van der Waals surface area contributed by atoms with Gasteiger partial charge in [0, 0.05) is 29.0 Å². The Morgan fingerprint density at radius 2 is 1.91 bits per heavy atom. The maximum atomic E-state index is 12.9. The number of fused-ring (bicyclic) bond motifs is 3. The number of sulfonamides is 1. The Labute approximate surface area is 202 Å². The van der Waals surface area contributed by atoms with E-state index in [2.05, 4.69) is 15.3 Å². The highest BCUT2D eigenvalue weighted by Gasteiger charge is 2.26. The summed E-state index contributed by atoms with van der Waals surface area (Å²) in [6, 6.07) is 6.53. The van der Waals surface area contributed by atoms with Crippen LogP contribution in [0.5, 0.6) is 0 Å². The summed E-state index contributed by atoms with van der Waals surface area (Å²) in [7, 11) is -3.54. The molecule has 2 aliphatic rings. The Morgan fingerprint density at radius 3 is 2.76 bits per heavy atom. The van der Waals surface area contributed by atoms with Gasteiger partial charge in [-0.1, -0.05) is 24.2 Å². The summed E-state index contributed by atoms with van der Waals surface area (Å²) < 4.78 is 27.4. The van der Waals surface area contributed by atoms with Crippen molar-refractivity contribution in [3.63, 3.8) is 0 Å². The van der Waals surface area contributed by atoms with Gasteiger partial charge in [0.25, 0.3) is 0 Å². The first-order chi connectivity index (χ1) is 16.0. The number of aryl methyl sites for hydroxylation is 2. The lowest BCUT2D eigenvalue weighted by atomic mass is 9.97. The van der Waals surface area contributed by atoms with Crippen molar-refractivity contribution in [2.75, 3.05) is 24.2 Å². The quantitative estimate of drug-likeness (QED) is 0.395. The van der Waals surface area contributed by atoms with E-state index in [1.54, 1.807) is 41.9 Å². The van der Waals surface area contributed by atoms with E-state index in [4.69, 9.17) is 0 Å². The lowest BCUT2D eigenvalue weighted by Crippen LogP contribution is -2.35. The molecule has 10 heteroatoms. The molecule has 33 heavy (non-hydrogen) atoms. The molecule has 0 bridgehead atoms. The lowest BCUT2D eigenvalue weighted by molar-refractivity contribution is -0.113. The number of rotatable bonds is 6. The minimum absolute atomic E-state index is 0.191. The van der Waals surface area contributed by atoms with Crippen LogP contribution in [-0.2, 0) is 27.7 Å². The maximum absolute atomic E-state index is 12.9. The number of thiophene rings is 1. The van der Waals surface area contributed by atoms with Crippen LogP contribution in [0, 0.1) is 0 Å². The molecular weight excluding hydrogens is 476 g/mol. The van der Waals surface area contributed by atoms with Crippen LogP contribution < -0.4 is 5.32 Å². The highest BCUT2D eigenvalue weighted by Crippen LogP contribution is 2.39. The van der Waals surface area contributed by atoms with E-state index in [1.807, 2.05) is 0 Å². The SMILES string of the molecule is O=C(CSc1ncnc2sc3c(c12)CCCC3)Nc1cccc(S(=O)(=O)N2CCCCC2)c1. The molecule has 174 valence electrons. The predicted octanol–water partition coefficient (Wildman–Crippen LogP) is 4.48. The van der Waals surface area contributed by atoms with Crippen LogP contribution in [0.1, 0.15) is 42.5 Å². The molecular formula is C23H26N4O3S3. The summed E-state index contributed by atoms with van der Waals surface area (Å²) >= 11 is 3.14. The number of carbonyl (C=O) groups is 1. The predicted molar refractivity (Wildman–Crippen MR) is 132 cm³/mol. The highest BCUT2D eigenvalue weighted by molar-refractivity contribution is 8.00. The van der Waals surface area contributed by atoms with E-state index in [0.717, 1.165) is 47.3 Å². The molecule has 1 aromatic carbocycles. The van der Waals surface area contributed by atoms with E-state index in [9.17, 15) is 13.2 Å². The molecule has 2 aromatic heterocycles. The largest absolute Gasteiger partial charge is 0.325 e. The van der Waals surface area contributed by atoms with E-state index >= 15 is 0 Å². The van der Waals surface area contributed by atoms with Gasteiger partial charge < -0.3 is 5.32 Å². The highest BCUT2D eigenvalue weighted by atomic mass is 32.2. The van der Waals surface area contributed by atoms with E-state index < -0.39 is 10.0 Å². The van der Waals surface area contributed by atoms with Crippen LogP contribution in [0.2, 0.25) is 0 Å². The number of carbonyl (C=O) groups excluding carboxylic acids is 1. The smallest absolute Gasteiger partial charge is 0.243 e. The second-order valence-corrected chi connectivity index (χ2v) is 12.4. The molecule has 0 spiro atoms. The number of nitrogens with one attached hydrogen (secondary N) is 1. The van der Waals surface area contributed by atoms with Crippen molar-refractivity contribution in [1.82, 2.24) is 14.3 Å². The zero-order chi connectivity index (χ0) is 22.8. The molecule has 1 aliphatic heterocycles. The van der Waals surface area contributed by atoms with Gasteiger partial charge in [0.15, 0.2) is 0 Å². The number of thioether (sulfide) groups is 1. The Bertz CT molecular complexity index is 1280. The van der Waals surface area contributed by atoms with Gasteiger partial charge in [0.2, 0.25) is 15.9 Å². The van der Waals surface area contributed by atoms with Crippen molar-refractivity contribution in [1.29, 1.82) is 0 Å². The number of hydrogen-bond acceptors (Lipinski definition) is 7. The van der Waals surface area contributed by atoms with Gasteiger partial charge in [0.1, 0.15) is 16.2 Å². The second kappa shape index (κ2) is 9.69. The first kappa shape index (κ1) is 22.8. The third-order valence-corrected chi connectivity index (χ3v) is 10.2. The average Bonchev–Trinajstić information content (AvgIpc) is 3.23. The van der Waals surface area contributed by atoms with Crippen molar-refractivity contribution in [3.8, 4) is 0 Å². The topological polar surface area (TPSA) is 92.3 Å². The summed E-state index contributed by atoms with van der Waals surface area (Å²) in [4.78, 5) is 24.2. The fraction of sp³-hybridized carbons (Fsp3) is 0.435. The number of amides is 1. The van der Waals surface area contributed by atoms with E-state index in [1.165, 1.54) is 39.3 Å². The second-order valence-electron chi connectivity index (χ2n) is 8.40. The first-order valence-corrected chi connectivity index (χ1v) is 14.5. The summed E-state index contributed by atoms with van der Waals surface area (Å²) in [5.41, 5.74) is 1.83. The van der Waals surface area contributed by atoms with Gasteiger partial charge in [0.05, 0.1) is 10.6 Å². The molecule has 3 heterocycles. The summed E-state index contributed by atoms with van der Waals surface area (Å²) in [6.07, 6.45) is 8.93. The molecule has 1 aliphatic carbocycles. The molecule has 0 atom stereocenters. The lowest BCUT2D eigenvalue weighted by Gasteiger charge is -2.26. The zero-order valence-electron chi connectivity index (χ0n) is 18.2. The van der Waals surface area contributed by atoms with Gasteiger partial charge in [-0.15, -0.1) is 11.3 Å². The molecule has 0 saturated carbocycles. The molecule has 7 nitrogen and oxygen atoms in total. The number of anilines is 1. The number of aromatic nitrogens is 2. The van der Waals surface area contributed by atoms with Gasteiger partial charge in [-0.25, -0.2) is 18.4 Å². The maximum Gasteiger partial charge on any atom is 0.243 e. The summed E-state index contributed by atoms with van der Waals surface area (Å²) in [5.74, 6) is 0.00297.